The molecule has 1 amide bonds. The highest BCUT2D eigenvalue weighted by atomic mass is 16.2. The van der Waals surface area contributed by atoms with Crippen molar-refractivity contribution in [3.63, 3.8) is 0 Å². The number of carbonyl (C=O) groups is 1. The van der Waals surface area contributed by atoms with E-state index in [0.29, 0.717) is 18.7 Å². The average molecular weight is 393 g/mol. The average Bonchev–Trinajstić information content (AvgIpc) is 2.91. The zero-order chi connectivity index (χ0) is 20.9. The van der Waals surface area contributed by atoms with Gasteiger partial charge < -0.3 is 4.90 Å². The Bertz CT molecular complexity index is 1110. The van der Waals surface area contributed by atoms with Crippen LogP contribution >= 0.6 is 0 Å². The van der Waals surface area contributed by atoms with Crippen molar-refractivity contribution in [3.05, 3.63) is 34.4 Å². The van der Waals surface area contributed by atoms with E-state index in [1.807, 2.05) is 21.6 Å². The number of imidazole rings is 1. The van der Waals surface area contributed by atoms with Crippen LogP contribution in [0.1, 0.15) is 45.7 Å². The number of aryl methyl sites for hydroxylation is 1. The van der Waals surface area contributed by atoms with Crippen molar-refractivity contribution >= 4 is 22.6 Å². The fourth-order valence-corrected chi connectivity index (χ4v) is 4.59. The normalized spacial score (nSPS) is 21.3. The summed E-state index contributed by atoms with van der Waals surface area (Å²) < 4.78 is 3.45. The van der Waals surface area contributed by atoms with Gasteiger partial charge in [0.25, 0.3) is 0 Å². The molecule has 1 saturated heterocycles. The molecule has 3 aliphatic rings. The second kappa shape index (κ2) is 6.91. The number of terminal acetylenes is 1. The summed E-state index contributed by atoms with van der Waals surface area (Å²) in [6, 6.07) is 4.11. The van der Waals surface area contributed by atoms with Crippen LogP contribution < -0.4 is 5.69 Å². The Morgan fingerprint density at radius 1 is 1.31 bits per heavy atom. The second-order valence-electron chi connectivity index (χ2n) is 9.42. The molecule has 2 atom stereocenters. The van der Waals surface area contributed by atoms with E-state index in [2.05, 4.69) is 32.8 Å². The number of amides is 1. The Labute approximate surface area is 171 Å². The number of fused-ring (bicyclic) bond motifs is 3. The van der Waals surface area contributed by atoms with E-state index < -0.39 is 0 Å². The monoisotopic (exact) mass is 392 g/mol. The maximum atomic E-state index is 12.8. The number of hydrogen-bond acceptors (Lipinski definition) is 3. The van der Waals surface area contributed by atoms with Crippen LogP contribution in [0, 0.1) is 23.7 Å². The molecule has 6 nitrogen and oxygen atoms in total. The number of carbonyl (C=O) groups excluding carboxylic acids is 1. The lowest BCUT2D eigenvalue weighted by Gasteiger charge is -2.44. The molecule has 1 fully saturated rings. The van der Waals surface area contributed by atoms with Crippen LogP contribution in [0.2, 0.25) is 0 Å². The molecule has 2 unspecified atom stereocenters. The summed E-state index contributed by atoms with van der Waals surface area (Å²) in [5.74, 6) is 2.75. The summed E-state index contributed by atoms with van der Waals surface area (Å²) in [4.78, 5) is 31.9. The Kier molecular flexibility index (Phi) is 4.65. The fraction of sp³-hybridized carbons (Fsp3) is 0.522. The van der Waals surface area contributed by atoms with Crippen molar-refractivity contribution in [1.82, 2.24) is 19.0 Å². The van der Waals surface area contributed by atoms with E-state index in [1.54, 1.807) is 11.6 Å². The van der Waals surface area contributed by atoms with Gasteiger partial charge in [0.05, 0.1) is 23.7 Å². The number of nitrogens with zero attached hydrogens (tertiary/aromatic N) is 4. The third kappa shape index (κ3) is 3.39. The minimum Gasteiger partial charge on any atom is -0.335 e. The Morgan fingerprint density at radius 2 is 2.07 bits per heavy atom. The van der Waals surface area contributed by atoms with Gasteiger partial charge in [-0.05, 0) is 36.0 Å². The van der Waals surface area contributed by atoms with Crippen LogP contribution in [0.4, 0.5) is 0 Å². The maximum absolute atomic E-state index is 12.8. The zero-order valence-electron chi connectivity index (χ0n) is 17.6. The van der Waals surface area contributed by atoms with Gasteiger partial charge in [-0.1, -0.05) is 32.8 Å². The third-order valence-corrected chi connectivity index (χ3v) is 5.92. The SMILES string of the molecule is C#CCC(=O)N1CC2CCC1C=C2c1ccc2c(n1)n(C)c(=O)n2CC(C)(C)C. The van der Waals surface area contributed by atoms with Crippen molar-refractivity contribution in [2.75, 3.05) is 6.54 Å². The molecule has 2 bridgehead atoms. The van der Waals surface area contributed by atoms with Crippen molar-refractivity contribution in [2.45, 2.75) is 52.6 Å². The highest BCUT2D eigenvalue weighted by Crippen LogP contribution is 2.39. The van der Waals surface area contributed by atoms with Crippen LogP contribution in [-0.4, -0.2) is 37.5 Å². The number of rotatable bonds is 3. The van der Waals surface area contributed by atoms with E-state index >= 15 is 0 Å². The van der Waals surface area contributed by atoms with Crippen molar-refractivity contribution in [3.8, 4) is 12.3 Å². The summed E-state index contributed by atoms with van der Waals surface area (Å²) in [7, 11) is 1.78. The van der Waals surface area contributed by atoms with Crippen molar-refractivity contribution in [2.24, 2.45) is 18.4 Å². The molecular weight excluding hydrogens is 364 g/mol. The Morgan fingerprint density at radius 3 is 2.69 bits per heavy atom. The highest BCUT2D eigenvalue weighted by molar-refractivity contribution is 5.82. The first-order valence-electron chi connectivity index (χ1n) is 10.2. The molecule has 2 aliphatic heterocycles. The van der Waals surface area contributed by atoms with Crippen molar-refractivity contribution in [1.29, 1.82) is 0 Å². The summed E-state index contributed by atoms with van der Waals surface area (Å²) in [5, 5.41) is 0. The molecule has 5 rings (SSSR count). The molecule has 0 radical (unpaired) electrons. The molecule has 4 heterocycles. The molecule has 0 aromatic carbocycles. The lowest BCUT2D eigenvalue weighted by atomic mass is 9.78. The minimum atomic E-state index is -0.0372. The largest absolute Gasteiger partial charge is 0.335 e. The van der Waals surface area contributed by atoms with Crippen LogP contribution in [0.15, 0.2) is 23.0 Å². The van der Waals surface area contributed by atoms with Crippen LogP contribution in [0.25, 0.3) is 16.7 Å². The fourth-order valence-electron chi connectivity index (χ4n) is 4.59. The second-order valence-corrected chi connectivity index (χ2v) is 9.42. The van der Waals surface area contributed by atoms with Gasteiger partial charge in [0, 0.05) is 26.1 Å². The number of hydrogen-bond donors (Lipinski definition) is 0. The van der Waals surface area contributed by atoms with Crippen LogP contribution in [0.3, 0.4) is 0 Å². The van der Waals surface area contributed by atoms with Crippen LogP contribution in [-0.2, 0) is 18.4 Å². The maximum Gasteiger partial charge on any atom is 0.330 e. The zero-order valence-corrected chi connectivity index (χ0v) is 17.6. The molecule has 29 heavy (non-hydrogen) atoms. The first-order chi connectivity index (χ1) is 13.7. The molecule has 1 aliphatic carbocycles. The third-order valence-electron chi connectivity index (χ3n) is 5.92. The van der Waals surface area contributed by atoms with E-state index in [9.17, 15) is 9.59 Å². The van der Waals surface area contributed by atoms with E-state index in [4.69, 9.17) is 11.4 Å². The summed E-state index contributed by atoms with van der Waals surface area (Å²) in [6.07, 6.45) is 9.65. The van der Waals surface area contributed by atoms with E-state index in [1.165, 1.54) is 5.57 Å². The molecule has 2 aromatic heterocycles. The summed E-state index contributed by atoms with van der Waals surface area (Å²) in [6.45, 7) is 7.70. The van der Waals surface area contributed by atoms with Gasteiger partial charge in [-0.2, -0.15) is 0 Å². The van der Waals surface area contributed by atoms with E-state index in [0.717, 1.165) is 24.1 Å². The predicted octanol–water partition coefficient (Wildman–Crippen LogP) is 2.81. The Hall–Kier alpha value is -2.81. The van der Waals surface area contributed by atoms with Crippen LogP contribution in [0.5, 0.6) is 0 Å². The van der Waals surface area contributed by atoms with Gasteiger partial charge in [-0.3, -0.25) is 13.9 Å². The van der Waals surface area contributed by atoms with Gasteiger partial charge >= 0.3 is 5.69 Å². The minimum absolute atomic E-state index is 0.00376. The Balaban J connectivity index is 1.72. The quantitative estimate of drug-likeness (QED) is 0.755. The lowest BCUT2D eigenvalue weighted by molar-refractivity contribution is -0.133. The highest BCUT2D eigenvalue weighted by Gasteiger charge is 2.37. The lowest BCUT2D eigenvalue weighted by Crippen LogP contribution is -2.49. The van der Waals surface area contributed by atoms with Gasteiger partial charge in [0.2, 0.25) is 5.91 Å². The molecule has 0 saturated carbocycles. The molecule has 0 spiro atoms. The van der Waals surface area contributed by atoms with Gasteiger partial charge in [0.1, 0.15) is 0 Å². The molecule has 6 heteroatoms. The van der Waals surface area contributed by atoms with Crippen molar-refractivity contribution < 1.29 is 4.79 Å². The number of piperidine rings is 1. The van der Waals surface area contributed by atoms with Gasteiger partial charge in [0.15, 0.2) is 5.65 Å². The van der Waals surface area contributed by atoms with E-state index in [-0.39, 0.29) is 35.4 Å². The summed E-state index contributed by atoms with van der Waals surface area (Å²) >= 11 is 0. The molecule has 2 aromatic rings. The topological polar surface area (TPSA) is 60.1 Å². The molecule has 152 valence electrons. The number of aromatic nitrogens is 3. The summed E-state index contributed by atoms with van der Waals surface area (Å²) in [5.41, 5.74) is 3.62. The smallest absolute Gasteiger partial charge is 0.330 e. The van der Waals surface area contributed by atoms with Gasteiger partial charge in [-0.25, -0.2) is 9.78 Å². The molecule has 0 N–H and O–H groups in total. The van der Waals surface area contributed by atoms with Gasteiger partial charge in [-0.15, -0.1) is 6.42 Å². The molecular formula is C23H28N4O2. The standard InChI is InChI=1S/C23H28N4O2/c1-6-7-20(28)26-13-15-8-9-16(26)12-17(15)18-10-11-19-21(24-18)25(5)22(29)27(19)14-23(2,3)4/h1,10-12,15-16H,7-9,13-14H2,2-5H3. The first-order valence-corrected chi connectivity index (χ1v) is 10.2. The predicted molar refractivity (Wildman–Crippen MR) is 114 cm³/mol. The first kappa shape index (κ1) is 19.5. The number of pyridine rings is 1.